The molecule has 0 bridgehead atoms. The molecule has 0 radical (unpaired) electrons. The van der Waals surface area contributed by atoms with E-state index in [0.29, 0.717) is 18.6 Å². The predicted octanol–water partition coefficient (Wildman–Crippen LogP) is 5.15. The fourth-order valence-corrected chi connectivity index (χ4v) is 5.28. The van der Waals surface area contributed by atoms with Gasteiger partial charge in [0.25, 0.3) is 5.91 Å². The summed E-state index contributed by atoms with van der Waals surface area (Å²) in [7, 11) is 0. The molecule has 0 spiro atoms. The second kappa shape index (κ2) is 15.7. The molecule has 3 unspecified atom stereocenters. The van der Waals surface area contributed by atoms with E-state index < -0.39 is 24.3 Å². The molecule has 4 rings (SSSR count). The standard InChI is InChI=1S/C33H37N3O5S/c1-23-10-9-11-24(2)32(23)40-21-31(38)35-27(16-25-12-5-3-6-13-25)18-30(37)29(17-26-14-7-4-8-15-26)36-33(39)41-20-28-19-34-22-42-28/h3-15,19,22,27,29-30,37H,16-18,20-21H2,1-2H3,(H,35,38)(H,36,39). The molecule has 1 heterocycles. The number of para-hydroxylation sites is 1. The van der Waals surface area contributed by atoms with Gasteiger partial charge in [0.05, 0.1) is 22.5 Å². The van der Waals surface area contributed by atoms with Crippen LogP contribution < -0.4 is 15.4 Å². The molecule has 3 N–H and O–H groups in total. The molecule has 4 aromatic rings. The maximum Gasteiger partial charge on any atom is 0.407 e. The summed E-state index contributed by atoms with van der Waals surface area (Å²) in [5.41, 5.74) is 5.55. The Kier molecular flexibility index (Phi) is 11.5. The number of aliphatic hydroxyl groups is 1. The Morgan fingerprint density at radius 1 is 0.881 bits per heavy atom. The van der Waals surface area contributed by atoms with Crippen LogP contribution in [0.2, 0.25) is 0 Å². The smallest absolute Gasteiger partial charge is 0.407 e. The van der Waals surface area contributed by atoms with Crippen LogP contribution in [0.3, 0.4) is 0 Å². The number of alkyl carbamates (subject to hydrolysis) is 1. The molecule has 0 saturated heterocycles. The van der Waals surface area contributed by atoms with Crippen molar-refractivity contribution in [3.8, 4) is 5.75 Å². The number of nitrogens with one attached hydrogen (secondary N) is 2. The average molecular weight is 588 g/mol. The van der Waals surface area contributed by atoms with Gasteiger partial charge in [0, 0.05) is 12.2 Å². The van der Waals surface area contributed by atoms with E-state index >= 15 is 0 Å². The first-order chi connectivity index (χ1) is 20.4. The van der Waals surface area contributed by atoms with Crippen LogP contribution in [0.25, 0.3) is 0 Å². The first-order valence-corrected chi connectivity index (χ1v) is 14.8. The zero-order chi connectivity index (χ0) is 29.7. The van der Waals surface area contributed by atoms with Crippen molar-refractivity contribution in [2.24, 2.45) is 0 Å². The Bertz CT molecular complexity index is 1380. The number of rotatable bonds is 14. The van der Waals surface area contributed by atoms with Crippen LogP contribution in [0, 0.1) is 13.8 Å². The van der Waals surface area contributed by atoms with Crippen LogP contribution in [-0.2, 0) is 29.0 Å². The monoisotopic (exact) mass is 587 g/mol. The number of amides is 2. The topological polar surface area (TPSA) is 110 Å². The maximum absolute atomic E-state index is 13.0. The lowest BCUT2D eigenvalue weighted by Crippen LogP contribution is -2.49. The van der Waals surface area contributed by atoms with Crippen LogP contribution in [0.15, 0.2) is 90.6 Å². The fourth-order valence-electron chi connectivity index (χ4n) is 4.78. The van der Waals surface area contributed by atoms with E-state index in [1.807, 2.05) is 92.7 Å². The molecule has 8 nitrogen and oxygen atoms in total. The number of carbonyl (C=O) groups is 2. The molecule has 9 heteroatoms. The van der Waals surface area contributed by atoms with Crippen LogP contribution in [0.5, 0.6) is 5.75 Å². The van der Waals surface area contributed by atoms with Crippen molar-refractivity contribution in [2.75, 3.05) is 6.61 Å². The number of hydrogen-bond acceptors (Lipinski definition) is 7. The summed E-state index contributed by atoms with van der Waals surface area (Å²) in [6.45, 7) is 3.83. The highest BCUT2D eigenvalue weighted by Gasteiger charge is 2.27. The second-order valence-electron chi connectivity index (χ2n) is 10.3. The zero-order valence-corrected chi connectivity index (χ0v) is 24.7. The number of thiazole rings is 1. The number of nitrogens with zero attached hydrogens (tertiary/aromatic N) is 1. The lowest BCUT2D eigenvalue weighted by molar-refractivity contribution is -0.124. The minimum atomic E-state index is -0.977. The van der Waals surface area contributed by atoms with E-state index in [0.717, 1.165) is 27.1 Å². The van der Waals surface area contributed by atoms with Gasteiger partial charge in [-0.15, -0.1) is 11.3 Å². The number of aliphatic hydroxyl groups excluding tert-OH is 1. The van der Waals surface area contributed by atoms with Crippen LogP contribution >= 0.6 is 11.3 Å². The third kappa shape index (κ3) is 9.71. The van der Waals surface area contributed by atoms with Crippen LogP contribution in [-0.4, -0.2) is 46.9 Å². The number of carbonyl (C=O) groups excluding carboxylic acids is 2. The van der Waals surface area contributed by atoms with Gasteiger partial charge in [-0.05, 0) is 55.4 Å². The third-order valence-corrected chi connectivity index (χ3v) is 7.62. The molecule has 0 aliphatic rings. The SMILES string of the molecule is Cc1cccc(C)c1OCC(=O)NC(Cc1ccccc1)CC(O)C(Cc1ccccc1)NC(=O)OCc1cncs1. The van der Waals surface area contributed by atoms with Gasteiger partial charge >= 0.3 is 6.09 Å². The van der Waals surface area contributed by atoms with Gasteiger partial charge in [-0.3, -0.25) is 9.78 Å². The van der Waals surface area contributed by atoms with E-state index in [1.165, 1.54) is 11.3 Å². The normalized spacial score (nSPS) is 13.0. The summed E-state index contributed by atoms with van der Waals surface area (Å²) in [5.74, 6) is 0.401. The van der Waals surface area contributed by atoms with E-state index in [9.17, 15) is 14.7 Å². The third-order valence-electron chi connectivity index (χ3n) is 6.87. The molecule has 0 saturated carbocycles. The van der Waals surface area contributed by atoms with Crippen molar-refractivity contribution in [3.63, 3.8) is 0 Å². The van der Waals surface area contributed by atoms with E-state index in [1.54, 1.807) is 11.7 Å². The number of ether oxygens (including phenoxy) is 2. The summed E-state index contributed by atoms with van der Waals surface area (Å²) in [4.78, 5) is 30.6. The molecule has 0 aliphatic carbocycles. The Balaban J connectivity index is 1.44. The molecule has 3 atom stereocenters. The molecule has 2 amide bonds. The summed E-state index contributed by atoms with van der Waals surface area (Å²) in [6.07, 6.45) is 1.13. The summed E-state index contributed by atoms with van der Waals surface area (Å²) < 4.78 is 11.3. The van der Waals surface area contributed by atoms with Crippen molar-refractivity contribution < 1.29 is 24.2 Å². The Labute approximate surface area is 250 Å². The second-order valence-corrected chi connectivity index (χ2v) is 11.2. The summed E-state index contributed by atoms with van der Waals surface area (Å²) in [5, 5.41) is 17.3. The van der Waals surface area contributed by atoms with Gasteiger partial charge in [-0.2, -0.15) is 0 Å². The van der Waals surface area contributed by atoms with Crippen LogP contribution in [0.1, 0.15) is 33.6 Å². The Morgan fingerprint density at radius 2 is 1.52 bits per heavy atom. The number of aromatic nitrogens is 1. The molecule has 220 valence electrons. The Morgan fingerprint density at radius 3 is 2.14 bits per heavy atom. The first-order valence-electron chi connectivity index (χ1n) is 13.9. The molecule has 42 heavy (non-hydrogen) atoms. The highest BCUT2D eigenvalue weighted by Crippen LogP contribution is 2.22. The van der Waals surface area contributed by atoms with Crippen molar-refractivity contribution in [2.45, 2.75) is 57.9 Å². The largest absolute Gasteiger partial charge is 0.483 e. The zero-order valence-electron chi connectivity index (χ0n) is 23.9. The quantitative estimate of drug-likeness (QED) is 0.188. The number of hydrogen-bond donors (Lipinski definition) is 3. The Hall–Kier alpha value is -4.21. The van der Waals surface area contributed by atoms with Crippen molar-refractivity contribution in [1.82, 2.24) is 15.6 Å². The van der Waals surface area contributed by atoms with Gasteiger partial charge in [-0.1, -0.05) is 78.9 Å². The molecule has 0 aliphatic heterocycles. The molecular weight excluding hydrogens is 550 g/mol. The molecule has 1 aromatic heterocycles. The average Bonchev–Trinajstić information content (AvgIpc) is 3.50. The lowest BCUT2D eigenvalue weighted by atomic mass is 9.93. The van der Waals surface area contributed by atoms with E-state index in [-0.39, 0.29) is 25.5 Å². The minimum Gasteiger partial charge on any atom is -0.483 e. The van der Waals surface area contributed by atoms with Gasteiger partial charge < -0.3 is 25.2 Å². The van der Waals surface area contributed by atoms with Crippen molar-refractivity contribution in [1.29, 1.82) is 0 Å². The van der Waals surface area contributed by atoms with Gasteiger partial charge in [0.2, 0.25) is 0 Å². The first kappa shape index (κ1) is 30.7. The van der Waals surface area contributed by atoms with Gasteiger partial charge in [-0.25, -0.2) is 4.79 Å². The van der Waals surface area contributed by atoms with Crippen molar-refractivity contribution in [3.05, 3.63) is 118 Å². The fraction of sp³-hybridized carbons (Fsp3) is 0.303. The minimum absolute atomic E-state index is 0.0949. The maximum atomic E-state index is 13.0. The molecule has 3 aromatic carbocycles. The lowest BCUT2D eigenvalue weighted by Gasteiger charge is -2.28. The van der Waals surface area contributed by atoms with Crippen LogP contribution in [0.4, 0.5) is 4.79 Å². The summed E-state index contributed by atoms with van der Waals surface area (Å²) in [6, 6.07) is 24.2. The predicted molar refractivity (Wildman–Crippen MR) is 163 cm³/mol. The van der Waals surface area contributed by atoms with Crippen molar-refractivity contribution >= 4 is 23.3 Å². The number of benzene rings is 3. The number of aryl methyl sites for hydroxylation is 2. The van der Waals surface area contributed by atoms with Gasteiger partial charge in [0.1, 0.15) is 12.4 Å². The van der Waals surface area contributed by atoms with Gasteiger partial charge in [0.15, 0.2) is 6.61 Å². The summed E-state index contributed by atoms with van der Waals surface area (Å²) >= 11 is 1.40. The molecular formula is C33H37N3O5S. The van der Waals surface area contributed by atoms with E-state index in [4.69, 9.17) is 9.47 Å². The molecule has 0 fully saturated rings. The highest BCUT2D eigenvalue weighted by molar-refractivity contribution is 7.09. The highest BCUT2D eigenvalue weighted by atomic mass is 32.1. The van der Waals surface area contributed by atoms with E-state index in [2.05, 4.69) is 15.6 Å².